The van der Waals surface area contributed by atoms with Gasteiger partial charge in [-0.1, -0.05) is 41.5 Å². The van der Waals surface area contributed by atoms with E-state index in [9.17, 15) is 19.2 Å². The number of aryl methyl sites for hydroxylation is 1. The number of fused-ring (bicyclic) bond motifs is 1. The van der Waals surface area contributed by atoms with E-state index in [0.717, 1.165) is 9.78 Å². The topological polar surface area (TPSA) is 83.6 Å². The van der Waals surface area contributed by atoms with E-state index in [-0.39, 0.29) is 5.91 Å². The lowest BCUT2D eigenvalue weighted by molar-refractivity contribution is -0.135. The van der Waals surface area contributed by atoms with Crippen molar-refractivity contribution in [2.45, 2.75) is 60.9 Å². The van der Waals surface area contributed by atoms with Crippen LogP contribution in [0.3, 0.4) is 0 Å². The van der Waals surface area contributed by atoms with Gasteiger partial charge in [0.2, 0.25) is 11.8 Å². The Hall–Kier alpha value is -2.02. The minimum Gasteiger partial charge on any atom is -0.294 e. The van der Waals surface area contributed by atoms with Gasteiger partial charge in [0.25, 0.3) is 11.8 Å². The van der Waals surface area contributed by atoms with Crippen molar-refractivity contribution in [2.24, 2.45) is 10.8 Å². The third kappa shape index (κ3) is 2.98. The number of amides is 4. The highest BCUT2D eigenvalue weighted by Crippen LogP contribution is 2.43. The molecule has 1 saturated heterocycles. The molecule has 1 unspecified atom stereocenters. The number of hydrogen-bond acceptors (Lipinski definition) is 5. The zero-order valence-electron chi connectivity index (χ0n) is 16.4. The van der Waals surface area contributed by atoms with Crippen LogP contribution in [0.25, 0.3) is 0 Å². The average Bonchev–Trinajstić information content (AvgIpc) is 3.00. The fourth-order valence-corrected chi connectivity index (χ4v) is 4.77. The van der Waals surface area contributed by atoms with Crippen LogP contribution in [0.5, 0.6) is 0 Å². The predicted molar refractivity (Wildman–Crippen MR) is 100 cm³/mol. The molecule has 0 aliphatic carbocycles. The molecule has 142 valence electrons. The molecule has 6 nitrogen and oxygen atoms in total. The summed E-state index contributed by atoms with van der Waals surface area (Å²) in [5.74, 6) is -1.88. The Morgan fingerprint density at radius 1 is 1.08 bits per heavy atom. The van der Waals surface area contributed by atoms with Gasteiger partial charge in [-0.05, 0) is 18.8 Å². The maximum atomic E-state index is 12.8. The second-order valence-corrected chi connectivity index (χ2v) is 8.91. The Morgan fingerprint density at radius 2 is 1.65 bits per heavy atom. The number of nitrogens with one attached hydrogen (secondary N) is 1. The summed E-state index contributed by atoms with van der Waals surface area (Å²) in [4.78, 5) is 52.3. The van der Waals surface area contributed by atoms with Gasteiger partial charge in [0.15, 0.2) is 0 Å². The number of nitrogens with zero attached hydrogens (tertiary/aromatic N) is 1. The van der Waals surface area contributed by atoms with Crippen LogP contribution in [-0.4, -0.2) is 34.6 Å². The van der Waals surface area contributed by atoms with E-state index >= 15 is 0 Å². The Morgan fingerprint density at radius 3 is 2.19 bits per heavy atom. The summed E-state index contributed by atoms with van der Waals surface area (Å²) < 4.78 is 0. The number of hydrogen-bond donors (Lipinski definition) is 1. The van der Waals surface area contributed by atoms with Crippen molar-refractivity contribution in [1.82, 2.24) is 10.2 Å². The minimum absolute atomic E-state index is 0.348. The number of carbonyl (C=O) groups excluding carboxylic acids is 4. The highest BCUT2D eigenvalue weighted by atomic mass is 32.1. The van der Waals surface area contributed by atoms with Crippen LogP contribution in [0.4, 0.5) is 0 Å². The third-order valence-electron chi connectivity index (χ3n) is 4.85. The van der Waals surface area contributed by atoms with Gasteiger partial charge in [0, 0.05) is 15.7 Å². The van der Waals surface area contributed by atoms with Gasteiger partial charge in [0.1, 0.15) is 6.04 Å². The second kappa shape index (κ2) is 6.61. The zero-order valence-corrected chi connectivity index (χ0v) is 17.2. The lowest BCUT2D eigenvalue weighted by Gasteiger charge is -2.38. The summed E-state index contributed by atoms with van der Waals surface area (Å²) in [5, 5.41) is 4.02. The lowest BCUT2D eigenvalue weighted by atomic mass is 9.71. The molecule has 3 heterocycles. The molecule has 1 atom stereocenters. The molecule has 7 heteroatoms. The van der Waals surface area contributed by atoms with Crippen molar-refractivity contribution < 1.29 is 19.2 Å². The van der Waals surface area contributed by atoms with Gasteiger partial charge in [-0.3, -0.25) is 29.4 Å². The molecule has 1 aromatic rings. The van der Waals surface area contributed by atoms with Crippen LogP contribution in [-0.2, 0) is 9.59 Å². The average molecular weight is 378 g/mol. The largest absolute Gasteiger partial charge is 0.294 e. The van der Waals surface area contributed by atoms with Crippen molar-refractivity contribution >= 4 is 35.0 Å². The summed E-state index contributed by atoms with van der Waals surface area (Å²) in [5.41, 5.74) is -0.768. The number of carbonyl (C=O) groups is 4. The normalized spacial score (nSPS) is 23.8. The van der Waals surface area contributed by atoms with E-state index in [1.54, 1.807) is 26.2 Å². The first kappa shape index (κ1) is 20.3. The summed E-state index contributed by atoms with van der Waals surface area (Å²) in [6, 6.07) is -1.01. The van der Waals surface area contributed by atoms with Gasteiger partial charge in [-0.25, -0.2) is 0 Å². The van der Waals surface area contributed by atoms with Gasteiger partial charge in [-0.2, -0.15) is 0 Å². The maximum Gasteiger partial charge on any atom is 0.263 e. The van der Waals surface area contributed by atoms with Crippen molar-refractivity contribution in [3.05, 3.63) is 21.4 Å². The molecule has 4 amide bonds. The Kier molecular flexibility index (Phi) is 5.16. The van der Waals surface area contributed by atoms with Crippen LogP contribution >= 0.6 is 11.3 Å². The molecule has 1 N–H and O–H groups in total. The van der Waals surface area contributed by atoms with Crippen molar-refractivity contribution in [3.63, 3.8) is 0 Å². The van der Waals surface area contributed by atoms with Gasteiger partial charge in [-0.15, -0.1) is 11.3 Å². The minimum atomic E-state index is -1.01. The maximum absolute atomic E-state index is 12.8. The SMILES string of the molecule is CC.Cc1scc2c1C(=O)N(C1C(=O)NC(=O)C(C)(C)CC1(C)C)C2=O. The standard InChI is InChI=1S/C17H20N2O4S.C2H6/c1-8-10-9(6-24-8)13(21)19(14(10)22)11-12(20)18-15(23)17(4,5)7-16(11,2)3;1-2/h6,11H,7H2,1-5H3,(H,18,20,23);1-2H3. The Bertz CT molecular complexity index is 791. The predicted octanol–water partition coefficient (Wildman–Crippen LogP) is 3.15. The molecule has 0 bridgehead atoms. The zero-order chi connectivity index (χ0) is 20.0. The highest BCUT2D eigenvalue weighted by Gasteiger charge is 2.54. The third-order valence-corrected chi connectivity index (χ3v) is 5.76. The highest BCUT2D eigenvalue weighted by molar-refractivity contribution is 7.10. The van der Waals surface area contributed by atoms with Crippen LogP contribution in [0, 0.1) is 17.8 Å². The first-order valence-corrected chi connectivity index (χ1v) is 9.66. The van der Waals surface area contributed by atoms with Crippen LogP contribution in [0.2, 0.25) is 0 Å². The Labute approximate surface area is 157 Å². The van der Waals surface area contributed by atoms with Crippen LogP contribution in [0.1, 0.15) is 73.6 Å². The molecule has 0 spiro atoms. The van der Waals surface area contributed by atoms with Crippen molar-refractivity contribution in [3.8, 4) is 0 Å². The smallest absolute Gasteiger partial charge is 0.263 e. The van der Waals surface area contributed by atoms with E-state index < -0.39 is 34.6 Å². The quantitative estimate of drug-likeness (QED) is 0.761. The molecule has 1 aromatic heterocycles. The number of imide groups is 2. The summed E-state index contributed by atoms with van der Waals surface area (Å²) in [6.45, 7) is 12.9. The van der Waals surface area contributed by atoms with Crippen molar-refractivity contribution in [2.75, 3.05) is 0 Å². The van der Waals surface area contributed by atoms with E-state index in [0.29, 0.717) is 17.5 Å². The van der Waals surface area contributed by atoms with E-state index in [1.165, 1.54) is 11.3 Å². The second-order valence-electron chi connectivity index (χ2n) is 7.83. The fourth-order valence-electron chi connectivity index (χ4n) is 3.94. The van der Waals surface area contributed by atoms with Crippen molar-refractivity contribution in [1.29, 1.82) is 0 Å². The van der Waals surface area contributed by atoms with E-state index in [1.807, 2.05) is 27.7 Å². The molecule has 0 radical (unpaired) electrons. The summed E-state index contributed by atoms with van der Waals surface area (Å²) in [7, 11) is 0. The molecular formula is C19H26N2O4S. The van der Waals surface area contributed by atoms with Crippen LogP contribution in [0.15, 0.2) is 5.38 Å². The first-order chi connectivity index (χ1) is 12.0. The van der Waals surface area contributed by atoms with E-state index in [2.05, 4.69) is 5.32 Å². The van der Waals surface area contributed by atoms with Gasteiger partial charge < -0.3 is 0 Å². The molecule has 0 aromatic carbocycles. The first-order valence-electron chi connectivity index (χ1n) is 8.78. The molecule has 2 aliphatic rings. The summed E-state index contributed by atoms with van der Waals surface area (Å²) >= 11 is 1.34. The van der Waals surface area contributed by atoms with Gasteiger partial charge in [0.05, 0.1) is 11.1 Å². The molecule has 2 aliphatic heterocycles. The van der Waals surface area contributed by atoms with Gasteiger partial charge >= 0.3 is 0 Å². The molecule has 26 heavy (non-hydrogen) atoms. The Balaban J connectivity index is 0.00000117. The lowest BCUT2D eigenvalue weighted by Crippen LogP contribution is -2.55. The number of thiophene rings is 1. The summed E-state index contributed by atoms with van der Waals surface area (Å²) in [6.07, 6.45) is 0.380. The molecule has 3 rings (SSSR count). The van der Waals surface area contributed by atoms with E-state index in [4.69, 9.17) is 0 Å². The molecule has 1 fully saturated rings. The fraction of sp³-hybridized carbons (Fsp3) is 0.579. The molecular weight excluding hydrogens is 352 g/mol. The monoisotopic (exact) mass is 378 g/mol. The van der Waals surface area contributed by atoms with Crippen LogP contribution < -0.4 is 5.32 Å². The molecule has 0 saturated carbocycles. The number of rotatable bonds is 1.